The number of rotatable bonds is 3. The summed E-state index contributed by atoms with van der Waals surface area (Å²) in [6.07, 6.45) is 6.24. The quantitative estimate of drug-likeness (QED) is 0.658. The lowest BCUT2D eigenvalue weighted by Crippen LogP contribution is -2.35. The van der Waals surface area contributed by atoms with Gasteiger partial charge in [0.05, 0.1) is 5.69 Å². The molecule has 1 heterocycles. The van der Waals surface area contributed by atoms with E-state index in [2.05, 4.69) is 31.5 Å². The second-order valence-corrected chi connectivity index (χ2v) is 8.02. The van der Waals surface area contributed by atoms with Gasteiger partial charge in [0.25, 0.3) is 0 Å². The summed E-state index contributed by atoms with van der Waals surface area (Å²) in [5.41, 5.74) is 1.34. The molecular formula is C15H25ClN2S. The molecule has 4 heteroatoms. The Kier molecular flexibility index (Phi) is 5.27. The fourth-order valence-electron chi connectivity index (χ4n) is 2.45. The monoisotopic (exact) mass is 300 g/mol. The summed E-state index contributed by atoms with van der Waals surface area (Å²) in [6.45, 7) is 7.48. The number of nitrogens with one attached hydrogen (secondary N) is 1. The third kappa shape index (κ3) is 4.44. The summed E-state index contributed by atoms with van der Waals surface area (Å²) in [5, 5.41) is 7.25. The van der Waals surface area contributed by atoms with Crippen LogP contribution >= 0.6 is 22.9 Å². The minimum Gasteiger partial charge on any atom is -0.306 e. The van der Waals surface area contributed by atoms with Gasteiger partial charge in [-0.2, -0.15) is 0 Å². The Morgan fingerprint density at radius 2 is 2.05 bits per heavy atom. The van der Waals surface area contributed by atoms with Crippen LogP contribution in [0.3, 0.4) is 0 Å². The summed E-state index contributed by atoms with van der Waals surface area (Å²) < 4.78 is 0. The predicted octanol–water partition coefficient (Wildman–Crippen LogP) is 4.47. The maximum atomic E-state index is 6.45. The molecule has 1 aromatic rings. The zero-order valence-corrected chi connectivity index (χ0v) is 13.8. The Hall–Kier alpha value is -0.120. The Morgan fingerprint density at radius 3 is 2.74 bits per heavy atom. The molecule has 2 nitrogen and oxygen atoms in total. The standard InChI is InChI=1S/C15H25ClN2S/c1-15(2,3)13-10-19-14(18-13)9-17-12-8-6-4-5-7-11(12)16/h10-12,17H,4-9H2,1-3H3. The molecule has 0 bridgehead atoms. The molecule has 19 heavy (non-hydrogen) atoms. The van der Waals surface area contributed by atoms with Crippen LogP contribution in [-0.2, 0) is 12.0 Å². The SMILES string of the molecule is CC(C)(C)c1csc(CNC2CCCCCC2Cl)n1. The van der Waals surface area contributed by atoms with Crippen molar-refractivity contribution in [3.8, 4) is 0 Å². The van der Waals surface area contributed by atoms with Gasteiger partial charge in [0.1, 0.15) is 5.01 Å². The fourth-order valence-corrected chi connectivity index (χ4v) is 3.79. The van der Waals surface area contributed by atoms with Crippen LogP contribution < -0.4 is 5.32 Å². The van der Waals surface area contributed by atoms with Crippen molar-refractivity contribution in [1.29, 1.82) is 0 Å². The Morgan fingerprint density at radius 1 is 1.32 bits per heavy atom. The van der Waals surface area contributed by atoms with Crippen molar-refractivity contribution in [1.82, 2.24) is 10.3 Å². The molecule has 0 spiro atoms. The average Bonchev–Trinajstić information content (AvgIpc) is 2.72. The molecule has 1 aliphatic carbocycles. The van der Waals surface area contributed by atoms with Crippen LogP contribution in [0.2, 0.25) is 0 Å². The van der Waals surface area contributed by atoms with Gasteiger partial charge in [0.2, 0.25) is 0 Å². The summed E-state index contributed by atoms with van der Waals surface area (Å²) >= 11 is 8.21. The van der Waals surface area contributed by atoms with E-state index in [0.29, 0.717) is 6.04 Å². The second kappa shape index (κ2) is 6.55. The average molecular weight is 301 g/mol. The van der Waals surface area contributed by atoms with Crippen molar-refractivity contribution in [3.05, 3.63) is 16.1 Å². The molecule has 0 amide bonds. The fraction of sp³-hybridized carbons (Fsp3) is 0.800. The predicted molar refractivity (Wildman–Crippen MR) is 84.2 cm³/mol. The van der Waals surface area contributed by atoms with Crippen molar-refractivity contribution in [2.45, 2.75) is 76.3 Å². The van der Waals surface area contributed by atoms with Gasteiger partial charge in [0.15, 0.2) is 0 Å². The van der Waals surface area contributed by atoms with Crippen LogP contribution in [0.4, 0.5) is 0 Å². The van der Waals surface area contributed by atoms with Crippen LogP contribution in [-0.4, -0.2) is 16.4 Å². The molecule has 1 N–H and O–H groups in total. The van der Waals surface area contributed by atoms with E-state index >= 15 is 0 Å². The van der Waals surface area contributed by atoms with E-state index in [-0.39, 0.29) is 10.8 Å². The zero-order valence-electron chi connectivity index (χ0n) is 12.2. The molecule has 1 fully saturated rings. The lowest BCUT2D eigenvalue weighted by atomic mass is 9.93. The van der Waals surface area contributed by atoms with Crippen LogP contribution in [0.25, 0.3) is 0 Å². The van der Waals surface area contributed by atoms with E-state index in [0.717, 1.165) is 13.0 Å². The lowest BCUT2D eigenvalue weighted by Gasteiger charge is -2.20. The van der Waals surface area contributed by atoms with Crippen molar-refractivity contribution < 1.29 is 0 Å². The van der Waals surface area contributed by atoms with Crippen LogP contribution in [0, 0.1) is 0 Å². The zero-order chi connectivity index (χ0) is 13.9. The Bertz CT molecular complexity index is 397. The van der Waals surface area contributed by atoms with E-state index in [4.69, 9.17) is 16.6 Å². The van der Waals surface area contributed by atoms with Gasteiger partial charge in [-0.25, -0.2) is 4.98 Å². The molecule has 0 saturated heterocycles. The van der Waals surface area contributed by atoms with Crippen molar-refractivity contribution in [2.24, 2.45) is 0 Å². The first-order valence-electron chi connectivity index (χ1n) is 7.29. The Labute approximate surface area is 126 Å². The minimum atomic E-state index is 0.145. The molecule has 1 saturated carbocycles. The van der Waals surface area contributed by atoms with Gasteiger partial charge in [-0.1, -0.05) is 40.0 Å². The van der Waals surface area contributed by atoms with Gasteiger partial charge in [-0.3, -0.25) is 0 Å². The highest BCUT2D eigenvalue weighted by molar-refractivity contribution is 7.09. The first-order valence-corrected chi connectivity index (χ1v) is 8.61. The second-order valence-electron chi connectivity index (χ2n) is 6.52. The lowest BCUT2D eigenvalue weighted by molar-refractivity contribution is 0.463. The molecule has 0 radical (unpaired) electrons. The smallest absolute Gasteiger partial charge is 0.107 e. The van der Waals surface area contributed by atoms with E-state index in [1.807, 2.05) is 0 Å². The molecule has 0 aliphatic heterocycles. The third-order valence-corrected chi connectivity index (χ3v) is 5.14. The Balaban J connectivity index is 1.89. The van der Waals surface area contributed by atoms with E-state index in [1.165, 1.54) is 36.4 Å². The number of thiazole rings is 1. The number of alkyl halides is 1. The van der Waals surface area contributed by atoms with Gasteiger partial charge < -0.3 is 5.32 Å². The number of hydrogen-bond acceptors (Lipinski definition) is 3. The number of nitrogens with zero attached hydrogens (tertiary/aromatic N) is 1. The van der Waals surface area contributed by atoms with Gasteiger partial charge in [-0.05, 0) is 12.8 Å². The molecule has 1 aliphatic rings. The molecular weight excluding hydrogens is 276 g/mol. The van der Waals surface area contributed by atoms with Crippen LogP contribution in [0.15, 0.2) is 5.38 Å². The number of hydrogen-bond donors (Lipinski definition) is 1. The van der Waals surface area contributed by atoms with Crippen molar-refractivity contribution in [3.63, 3.8) is 0 Å². The summed E-state index contributed by atoms with van der Waals surface area (Å²) in [6, 6.07) is 0.450. The maximum absolute atomic E-state index is 6.45. The highest BCUT2D eigenvalue weighted by Crippen LogP contribution is 2.25. The maximum Gasteiger partial charge on any atom is 0.107 e. The molecule has 1 aromatic heterocycles. The van der Waals surface area contributed by atoms with E-state index in [1.54, 1.807) is 11.3 Å². The van der Waals surface area contributed by atoms with Gasteiger partial charge in [-0.15, -0.1) is 22.9 Å². The highest BCUT2D eigenvalue weighted by atomic mass is 35.5. The summed E-state index contributed by atoms with van der Waals surface area (Å²) in [5.74, 6) is 0. The summed E-state index contributed by atoms with van der Waals surface area (Å²) in [4.78, 5) is 4.73. The summed E-state index contributed by atoms with van der Waals surface area (Å²) in [7, 11) is 0. The topological polar surface area (TPSA) is 24.9 Å². The normalized spacial score (nSPS) is 25.3. The molecule has 2 unspecified atom stereocenters. The molecule has 2 rings (SSSR count). The van der Waals surface area contributed by atoms with Crippen molar-refractivity contribution in [2.75, 3.05) is 0 Å². The highest BCUT2D eigenvalue weighted by Gasteiger charge is 2.22. The third-order valence-electron chi connectivity index (χ3n) is 3.77. The number of aromatic nitrogens is 1. The van der Waals surface area contributed by atoms with Crippen molar-refractivity contribution >= 4 is 22.9 Å². The molecule has 2 atom stereocenters. The minimum absolute atomic E-state index is 0.145. The molecule has 0 aromatic carbocycles. The van der Waals surface area contributed by atoms with Crippen LogP contribution in [0.5, 0.6) is 0 Å². The van der Waals surface area contributed by atoms with Gasteiger partial charge in [0, 0.05) is 28.8 Å². The first-order chi connectivity index (χ1) is 8.97. The van der Waals surface area contributed by atoms with E-state index in [9.17, 15) is 0 Å². The van der Waals surface area contributed by atoms with Crippen LogP contribution in [0.1, 0.15) is 63.6 Å². The number of halogens is 1. The first kappa shape index (κ1) is 15.3. The molecule has 108 valence electrons. The van der Waals surface area contributed by atoms with Gasteiger partial charge >= 0.3 is 0 Å². The largest absolute Gasteiger partial charge is 0.306 e. The van der Waals surface area contributed by atoms with E-state index < -0.39 is 0 Å².